The van der Waals surface area contributed by atoms with Crippen molar-refractivity contribution in [3.8, 4) is 0 Å². The van der Waals surface area contributed by atoms with E-state index < -0.39 is 0 Å². The van der Waals surface area contributed by atoms with Gasteiger partial charge in [-0.3, -0.25) is 4.68 Å². The second-order valence-electron chi connectivity index (χ2n) is 3.36. The molecule has 0 aliphatic carbocycles. The number of benzene rings is 1. The van der Waals surface area contributed by atoms with Crippen molar-refractivity contribution < 1.29 is 4.39 Å². The van der Waals surface area contributed by atoms with E-state index in [-0.39, 0.29) is 11.9 Å². The van der Waals surface area contributed by atoms with E-state index in [1.807, 2.05) is 24.6 Å². The van der Waals surface area contributed by atoms with Gasteiger partial charge in [-0.15, -0.1) is 0 Å². The Hall–Kier alpha value is -1.38. The van der Waals surface area contributed by atoms with Crippen LogP contribution in [-0.2, 0) is 0 Å². The van der Waals surface area contributed by atoms with E-state index >= 15 is 0 Å². The molecule has 2 aromatic rings. The number of halogens is 1. The van der Waals surface area contributed by atoms with E-state index in [9.17, 15) is 4.39 Å². The van der Waals surface area contributed by atoms with Crippen LogP contribution in [0.4, 0.5) is 4.39 Å². The fraction of sp³-hybridized carbons (Fsp3) is 0.300. The molecule has 2 rings (SSSR count). The minimum Gasteiger partial charge on any atom is -0.262 e. The third-order valence-corrected chi connectivity index (χ3v) is 2.08. The van der Waals surface area contributed by atoms with Crippen LogP contribution in [0.25, 0.3) is 10.9 Å². The summed E-state index contributed by atoms with van der Waals surface area (Å²) in [5.74, 6) is -0.204. The first-order valence-corrected chi connectivity index (χ1v) is 4.32. The average molecular weight is 178 g/mol. The highest BCUT2D eigenvalue weighted by atomic mass is 19.1. The van der Waals surface area contributed by atoms with Crippen molar-refractivity contribution in [2.45, 2.75) is 19.9 Å². The molecule has 0 radical (unpaired) electrons. The van der Waals surface area contributed by atoms with E-state index in [1.54, 1.807) is 12.3 Å². The van der Waals surface area contributed by atoms with E-state index in [1.165, 1.54) is 6.07 Å². The van der Waals surface area contributed by atoms with Crippen LogP contribution >= 0.6 is 0 Å². The lowest BCUT2D eigenvalue weighted by Crippen LogP contribution is -2.01. The maximum absolute atomic E-state index is 13.2. The third-order valence-electron chi connectivity index (χ3n) is 2.08. The molecular formula is C10H11FN2. The molecule has 0 spiro atoms. The van der Waals surface area contributed by atoms with Crippen LogP contribution < -0.4 is 0 Å². The zero-order chi connectivity index (χ0) is 9.42. The monoisotopic (exact) mass is 178 g/mol. The van der Waals surface area contributed by atoms with Crippen molar-refractivity contribution in [3.05, 3.63) is 30.2 Å². The molecule has 68 valence electrons. The van der Waals surface area contributed by atoms with Gasteiger partial charge in [-0.05, 0) is 26.0 Å². The first-order chi connectivity index (χ1) is 6.20. The Morgan fingerprint density at radius 1 is 1.38 bits per heavy atom. The fourth-order valence-corrected chi connectivity index (χ4v) is 1.45. The van der Waals surface area contributed by atoms with Crippen LogP contribution in [-0.4, -0.2) is 9.78 Å². The molecule has 0 aliphatic rings. The summed E-state index contributed by atoms with van der Waals surface area (Å²) in [6.45, 7) is 4.05. The van der Waals surface area contributed by atoms with E-state index in [4.69, 9.17) is 0 Å². The molecule has 0 aliphatic heterocycles. The standard InChI is InChI=1S/C10H11FN2/c1-7(2)13-10-5-3-4-9(11)8(10)6-12-13/h3-7H,1-2H3. The number of nitrogens with zero attached hydrogens (tertiary/aromatic N) is 2. The molecule has 2 nitrogen and oxygen atoms in total. The number of aromatic nitrogens is 2. The summed E-state index contributed by atoms with van der Waals surface area (Å²) in [5.41, 5.74) is 0.856. The number of rotatable bonds is 1. The van der Waals surface area contributed by atoms with Crippen LogP contribution in [0.15, 0.2) is 24.4 Å². The molecule has 0 atom stereocenters. The van der Waals surface area contributed by atoms with E-state index in [2.05, 4.69) is 5.10 Å². The lowest BCUT2D eigenvalue weighted by atomic mass is 10.2. The molecule has 0 saturated heterocycles. The van der Waals surface area contributed by atoms with Gasteiger partial charge in [0.05, 0.1) is 17.1 Å². The van der Waals surface area contributed by atoms with Crippen LogP contribution in [0.1, 0.15) is 19.9 Å². The largest absolute Gasteiger partial charge is 0.262 e. The number of hydrogen-bond acceptors (Lipinski definition) is 1. The lowest BCUT2D eigenvalue weighted by Gasteiger charge is -2.06. The average Bonchev–Trinajstić information content (AvgIpc) is 2.48. The normalized spacial score (nSPS) is 11.4. The van der Waals surface area contributed by atoms with Gasteiger partial charge in [0.1, 0.15) is 5.82 Å². The SMILES string of the molecule is CC(C)n1ncc2c(F)cccc21. The predicted molar refractivity (Wildman–Crippen MR) is 50.1 cm³/mol. The zero-order valence-corrected chi connectivity index (χ0v) is 7.66. The van der Waals surface area contributed by atoms with Gasteiger partial charge in [0.25, 0.3) is 0 Å². The fourth-order valence-electron chi connectivity index (χ4n) is 1.45. The Bertz CT molecular complexity index is 431. The van der Waals surface area contributed by atoms with E-state index in [0.29, 0.717) is 5.39 Å². The van der Waals surface area contributed by atoms with Gasteiger partial charge in [0, 0.05) is 6.04 Å². The van der Waals surface area contributed by atoms with Gasteiger partial charge in [-0.2, -0.15) is 5.10 Å². The highest BCUT2D eigenvalue weighted by Gasteiger charge is 2.07. The molecule has 0 amide bonds. The van der Waals surface area contributed by atoms with Crippen molar-refractivity contribution in [3.63, 3.8) is 0 Å². The summed E-state index contributed by atoms with van der Waals surface area (Å²) in [5, 5.41) is 4.73. The predicted octanol–water partition coefficient (Wildman–Crippen LogP) is 2.76. The van der Waals surface area contributed by atoms with Gasteiger partial charge >= 0.3 is 0 Å². The molecule has 0 unspecified atom stereocenters. The molecule has 1 aromatic carbocycles. The summed E-state index contributed by atoms with van der Waals surface area (Å²) in [6.07, 6.45) is 1.57. The highest BCUT2D eigenvalue weighted by Crippen LogP contribution is 2.19. The molecule has 0 bridgehead atoms. The summed E-state index contributed by atoms with van der Waals surface area (Å²) in [6, 6.07) is 5.30. The molecular weight excluding hydrogens is 167 g/mol. The summed E-state index contributed by atoms with van der Waals surface area (Å²) < 4.78 is 15.0. The van der Waals surface area contributed by atoms with Gasteiger partial charge in [0.15, 0.2) is 0 Å². The molecule has 13 heavy (non-hydrogen) atoms. The second kappa shape index (κ2) is 2.83. The summed E-state index contributed by atoms with van der Waals surface area (Å²) in [4.78, 5) is 0. The topological polar surface area (TPSA) is 17.8 Å². The molecule has 0 saturated carbocycles. The number of fused-ring (bicyclic) bond motifs is 1. The Labute approximate surface area is 76.0 Å². The Morgan fingerprint density at radius 3 is 2.85 bits per heavy atom. The van der Waals surface area contributed by atoms with Crippen LogP contribution in [0.3, 0.4) is 0 Å². The quantitative estimate of drug-likeness (QED) is 0.656. The van der Waals surface area contributed by atoms with Gasteiger partial charge in [-0.1, -0.05) is 6.07 Å². The first-order valence-electron chi connectivity index (χ1n) is 4.32. The van der Waals surface area contributed by atoms with Gasteiger partial charge in [-0.25, -0.2) is 4.39 Å². The zero-order valence-electron chi connectivity index (χ0n) is 7.66. The molecule has 1 heterocycles. The van der Waals surface area contributed by atoms with Crippen molar-refractivity contribution in [1.82, 2.24) is 9.78 Å². The maximum Gasteiger partial charge on any atom is 0.134 e. The van der Waals surface area contributed by atoms with Gasteiger partial charge < -0.3 is 0 Å². The van der Waals surface area contributed by atoms with Crippen molar-refractivity contribution in [2.75, 3.05) is 0 Å². The van der Waals surface area contributed by atoms with Crippen LogP contribution in [0.5, 0.6) is 0 Å². The lowest BCUT2D eigenvalue weighted by molar-refractivity contribution is 0.550. The smallest absolute Gasteiger partial charge is 0.134 e. The summed E-state index contributed by atoms with van der Waals surface area (Å²) in [7, 11) is 0. The van der Waals surface area contributed by atoms with Crippen LogP contribution in [0.2, 0.25) is 0 Å². The Balaban J connectivity index is 2.75. The molecule has 1 aromatic heterocycles. The van der Waals surface area contributed by atoms with E-state index in [0.717, 1.165) is 5.52 Å². The second-order valence-corrected chi connectivity index (χ2v) is 3.36. The minimum absolute atomic E-state index is 0.204. The number of hydrogen-bond donors (Lipinski definition) is 0. The van der Waals surface area contributed by atoms with Crippen molar-refractivity contribution >= 4 is 10.9 Å². The van der Waals surface area contributed by atoms with Crippen LogP contribution in [0, 0.1) is 5.82 Å². The first kappa shape index (κ1) is 8.23. The Kier molecular flexibility index (Phi) is 1.79. The molecule has 3 heteroatoms. The highest BCUT2D eigenvalue weighted by molar-refractivity contribution is 5.79. The minimum atomic E-state index is -0.204. The molecule has 0 fully saturated rings. The van der Waals surface area contributed by atoms with Crippen molar-refractivity contribution in [1.29, 1.82) is 0 Å². The Morgan fingerprint density at radius 2 is 2.15 bits per heavy atom. The molecule has 0 N–H and O–H groups in total. The third kappa shape index (κ3) is 1.20. The van der Waals surface area contributed by atoms with Crippen molar-refractivity contribution in [2.24, 2.45) is 0 Å². The maximum atomic E-state index is 13.2. The summed E-state index contributed by atoms with van der Waals surface area (Å²) >= 11 is 0. The van der Waals surface area contributed by atoms with Gasteiger partial charge in [0.2, 0.25) is 0 Å².